The number of carbonyl (C=O) groups excluding carboxylic acids is 3. The lowest BCUT2D eigenvalue weighted by Gasteiger charge is -2.45. The molecule has 1 aromatic rings. The zero-order valence-electron chi connectivity index (χ0n) is 21.0. The maximum Gasteiger partial charge on any atom is 0.249 e. The number of benzene rings is 1. The molecule has 8 heteroatoms. The van der Waals surface area contributed by atoms with Gasteiger partial charge in [0.15, 0.2) is 0 Å². The zero-order valence-corrected chi connectivity index (χ0v) is 21.0. The number of piperidine rings is 3. The molecule has 1 aromatic carbocycles. The maximum atomic E-state index is 13.2. The molecule has 7 nitrogen and oxygen atoms in total. The summed E-state index contributed by atoms with van der Waals surface area (Å²) in [6, 6.07) is 5.46. The first-order chi connectivity index (χ1) is 16.5. The van der Waals surface area contributed by atoms with E-state index in [9.17, 15) is 18.8 Å². The first-order valence-electron chi connectivity index (χ1n) is 12.6. The third-order valence-corrected chi connectivity index (χ3v) is 7.71. The minimum atomic E-state index is -0.603. The Morgan fingerprint density at radius 3 is 2.21 bits per heavy atom. The van der Waals surface area contributed by atoms with Crippen molar-refractivity contribution in [1.82, 2.24) is 10.6 Å². The smallest absolute Gasteiger partial charge is 0.249 e. The van der Waals surface area contributed by atoms with Crippen LogP contribution in [0.25, 0.3) is 0 Å². The van der Waals surface area contributed by atoms with Gasteiger partial charge in [-0.2, -0.15) is 0 Å². The summed E-state index contributed by atoms with van der Waals surface area (Å²) in [4.78, 5) is 41.3. The lowest BCUT2D eigenvalue weighted by atomic mass is 9.71. The second kappa shape index (κ2) is 11.3. The molecule has 1 spiro atoms. The number of nitrogens with zero attached hydrogens (tertiary/aromatic N) is 2. The second-order valence-corrected chi connectivity index (χ2v) is 9.34. The summed E-state index contributed by atoms with van der Waals surface area (Å²) >= 11 is 0. The molecule has 2 N–H and O–H groups in total. The summed E-state index contributed by atoms with van der Waals surface area (Å²) in [6.07, 6.45) is 5.55. The number of alkyl halides is 1. The standard InChI is InChI=1S/C23H30N4O3.C2H6.CH3F/c1-15-20-16(26-13-9-23(10-14-26)7-11-24-12-8-23)3-2-4-17(20)27(22(15)30)18-5-6-19(28)25-21(18)29;2*1-2/h2-4,15,18,24H,5-14H2,1H3,(H,25,28,29);1-2H3;1H3. The fraction of sp³-hybridized carbons (Fsp3) is 0.654. The van der Waals surface area contributed by atoms with Crippen LogP contribution in [0, 0.1) is 5.41 Å². The predicted octanol–water partition coefficient (Wildman–Crippen LogP) is 3.52. The van der Waals surface area contributed by atoms with Crippen LogP contribution in [0.3, 0.4) is 0 Å². The van der Waals surface area contributed by atoms with Gasteiger partial charge in [0.05, 0.1) is 18.8 Å². The molecule has 34 heavy (non-hydrogen) atoms. The molecule has 3 amide bonds. The number of rotatable bonds is 2. The van der Waals surface area contributed by atoms with Crippen molar-refractivity contribution in [2.24, 2.45) is 5.41 Å². The van der Waals surface area contributed by atoms with Gasteiger partial charge in [0.2, 0.25) is 17.7 Å². The van der Waals surface area contributed by atoms with Crippen LogP contribution in [0.5, 0.6) is 0 Å². The van der Waals surface area contributed by atoms with Crippen molar-refractivity contribution in [1.29, 1.82) is 0 Å². The van der Waals surface area contributed by atoms with Gasteiger partial charge >= 0.3 is 0 Å². The largest absolute Gasteiger partial charge is 0.371 e. The zero-order chi connectivity index (χ0) is 24.9. The SMILES string of the molecule is CC.CC1C(=O)N(C2CCC(=O)NC2=O)c2cccc(N3CCC4(CCNCC4)CC3)c21.CF. The van der Waals surface area contributed by atoms with Crippen LogP contribution in [0.1, 0.15) is 70.8 Å². The van der Waals surface area contributed by atoms with Crippen LogP contribution in [-0.2, 0) is 14.4 Å². The molecule has 0 bridgehead atoms. The number of imide groups is 1. The normalized spacial score (nSPS) is 25.6. The summed E-state index contributed by atoms with van der Waals surface area (Å²) in [7, 11) is 0.500. The highest BCUT2D eigenvalue weighted by atomic mass is 19.1. The molecule has 3 fully saturated rings. The van der Waals surface area contributed by atoms with Gasteiger partial charge in [0, 0.05) is 30.8 Å². The van der Waals surface area contributed by atoms with Crippen LogP contribution < -0.4 is 20.4 Å². The van der Waals surface area contributed by atoms with E-state index in [1.54, 1.807) is 4.90 Å². The molecule has 0 aliphatic carbocycles. The monoisotopic (exact) mass is 474 g/mol. The second-order valence-electron chi connectivity index (χ2n) is 9.34. The number of halogens is 1. The van der Waals surface area contributed by atoms with Crippen molar-refractivity contribution in [2.75, 3.05) is 43.2 Å². The van der Waals surface area contributed by atoms with Crippen LogP contribution in [0.2, 0.25) is 0 Å². The number of fused-ring (bicyclic) bond motifs is 1. The quantitative estimate of drug-likeness (QED) is 0.641. The van der Waals surface area contributed by atoms with Crippen molar-refractivity contribution in [3.05, 3.63) is 23.8 Å². The number of hydrogen-bond acceptors (Lipinski definition) is 5. The molecule has 4 aliphatic rings. The van der Waals surface area contributed by atoms with Crippen LogP contribution in [-0.4, -0.2) is 57.1 Å². The Bertz CT molecular complexity index is 890. The lowest BCUT2D eigenvalue weighted by molar-refractivity contribution is -0.135. The molecular weight excluding hydrogens is 435 g/mol. The highest BCUT2D eigenvalue weighted by Gasteiger charge is 2.45. The number of amides is 3. The third-order valence-electron chi connectivity index (χ3n) is 7.71. The van der Waals surface area contributed by atoms with E-state index in [4.69, 9.17) is 0 Å². The molecule has 0 radical (unpaired) electrons. The van der Waals surface area contributed by atoms with Gasteiger partial charge in [0.25, 0.3) is 0 Å². The van der Waals surface area contributed by atoms with Gasteiger partial charge < -0.3 is 10.2 Å². The number of nitrogens with one attached hydrogen (secondary N) is 2. The highest BCUT2D eigenvalue weighted by Crippen LogP contribution is 2.47. The Labute approximate surface area is 202 Å². The molecular formula is C26H39FN4O3. The summed E-state index contributed by atoms with van der Waals surface area (Å²) in [5.74, 6) is -0.948. The topological polar surface area (TPSA) is 81.8 Å². The third kappa shape index (κ3) is 4.83. The Hall–Kier alpha value is -2.48. The molecule has 188 valence electrons. The molecule has 3 saturated heterocycles. The van der Waals surface area contributed by atoms with Gasteiger partial charge in [-0.25, -0.2) is 0 Å². The van der Waals surface area contributed by atoms with Crippen LogP contribution >= 0.6 is 0 Å². The minimum Gasteiger partial charge on any atom is -0.371 e. The molecule has 5 rings (SSSR count). The summed E-state index contributed by atoms with van der Waals surface area (Å²) < 4.78 is 9.50. The van der Waals surface area contributed by atoms with E-state index in [2.05, 4.69) is 21.6 Å². The Kier molecular flexibility index (Phi) is 8.68. The number of hydrogen-bond donors (Lipinski definition) is 2. The molecule has 2 unspecified atom stereocenters. The van der Waals surface area contributed by atoms with Gasteiger partial charge in [-0.1, -0.05) is 19.9 Å². The van der Waals surface area contributed by atoms with Gasteiger partial charge in [-0.15, -0.1) is 0 Å². The molecule has 2 atom stereocenters. The van der Waals surface area contributed by atoms with Crippen molar-refractivity contribution >= 4 is 29.1 Å². The number of anilines is 2. The van der Waals surface area contributed by atoms with E-state index >= 15 is 0 Å². The Morgan fingerprint density at radius 2 is 1.59 bits per heavy atom. The van der Waals surface area contributed by atoms with E-state index in [1.807, 2.05) is 32.9 Å². The van der Waals surface area contributed by atoms with E-state index in [1.165, 1.54) is 25.7 Å². The maximum absolute atomic E-state index is 13.2. The average Bonchev–Trinajstić information content (AvgIpc) is 3.13. The number of carbonyl (C=O) groups is 3. The van der Waals surface area contributed by atoms with Crippen molar-refractivity contribution in [3.8, 4) is 0 Å². The molecule has 4 aliphatic heterocycles. The van der Waals surface area contributed by atoms with Gasteiger partial charge in [-0.05, 0) is 69.7 Å². The van der Waals surface area contributed by atoms with Crippen molar-refractivity contribution in [3.63, 3.8) is 0 Å². The van der Waals surface area contributed by atoms with E-state index < -0.39 is 6.04 Å². The summed E-state index contributed by atoms with van der Waals surface area (Å²) in [5, 5.41) is 5.87. The fourth-order valence-electron chi connectivity index (χ4n) is 5.85. The van der Waals surface area contributed by atoms with E-state index in [0.717, 1.165) is 43.1 Å². The Balaban J connectivity index is 0.000000771. The van der Waals surface area contributed by atoms with Crippen LogP contribution in [0.15, 0.2) is 18.2 Å². The summed E-state index contributed by atoms with van der Waals surface area (Å²) in [5.41, 5.74) is 3.47. The fourth-order valence-corrected chi connectivity index (χ4v) is 5.85. The van der Waals surface area contributed by atoms with Crippen molar-refractivity contribution in [2.45, 2.75) is 71.3 Å². The highest BCUT2D eigenvalue weighted by molar-refractivity contribution is 6.13. The molecule has 4 heterocycles. The van der Waals surface area contributed by atoms with Crippen molar-refractivity contribution < 1.29 is 18.8 Å². The minimum absolute atomic E-state index is 0.0428. The van der Waals surface area contributed by atoms with E-state index in [0.29, 0.717) is 19.0 Å². The lowest BCUT2D eigenvalue weighted by Crippen LogP contribution is -2.53. The predicted molar refractivity (Wildman–Crippen MR) is 133 cm³/mol. The van der Waals surface area contributed by atoms with E-state index in [-0.39, 0.29) is 30.1 Å². The summed E-state index contributed by atoms with van der Waals surface area (Å²) in [6.45, 7) is 10.2. The Morgan fingerprint density at radius 1 is 0.971 bits per heavy atom. The van der Waals surface area contributed by atoms with Gasteiger partial charge in [-0.3, -0.25) is 29.0 Å². The molecule has 0 aromatic heterocycles. The first-order valence-corrected chi connectivity index (χ1v) is 12.6. The first kappa shape index (κ1) is 26.1. The average molecular weight is 475 g/mol. The van der Waals surface area contributed by atoms with Gasteiger partial charge in [0.1, 0.15) is 6.04 Å². The molecule has 0 saturated carbocycles. The van der Waals surface area contributed by atoms with Crippen LogP contribution in [0.4, 0.5) is 15.8 Å².